The van der Waals surface area contributed by atoms with Crippen molar-refractivity contribution in [2.45, 2.75) is 81.7 Å². The topological polar surface area (TPSA) is 104 Å². The monoisotopic (exact) mass is 529 g/mol. The summed E-state index contributed by atoms with van der Waals surface area (Å²) in [6.07, 6.45) is 11.5. The number of hydrogen-bond donors (Lipinski definition) is 2. The van der Waals surface area contributed by atoms with E-state index in [9.17, 15) is 5.11 Å². The number of anilines is 1. The van der Waals surface area contributed by atoms with Crippen LogP contribution in [0.5, 0.6) is 0 Å². The van der Waals surface area contributed by atoms with Gasteiger partial charge < -0.3 is 24.6 Å². The van der Waals surface area contributed by atoms with Crippen LogP contribution in [0.2, 0.25) is 0 Å². The van der Waals surface area contributed by atoms with E-state index in [0.717, 1.165) is 35.6 Å². The normalized spacial score (nSPS) is 39.1. The Labute approximate surface area is 227 Å². The van der Waals surface area contributed by atoms with E-state index in [4.69, 9.17) is 19.2 Å². The first kappa shape index (κ1) is 23.1. The molecule has 4 bridgehead atoms. The van der Waals surface area contributed by atoms with E-state index < -0.39 is 18.1 Å². The second kappa shape index (κ2) is 8.22. The predicted octanol–water partition coefficient (Wildman–Crippen LogP) is 3.62. The maximum Gasteiger partial charge on any atom is 0.177 e. The molecule has 6 fully saturated rings. The maximum absolute atomic E-state index is 10.2. The molecule has 4 heterocycles. The fourth-order valence-electron chi connectivity index (χ4n) is 9.53. The quantitative estimate of drug-likeness (QED) is 0.517. The lowest BCUT2D eigenvalue weighted by Crippen LogP contribution is -2.49. The molecule has 204 valence electrons. The van der Waals surface area contributed by atoms with Gasteiger partial charge in [0.15, 0.2) is 29.0 Å². The van der Waals surface area contributed by atoms with Crippen LogP contribution in [0.25, 0.3) is 11.2 Å². The van der Waals surface area contributed by atoms with Gasteiger partial charge in [-0.25, -0.2) is 15.0 Å². The average molecular weight is 530 g/mol. The van der Waals surface area contributed by atoms with E-state index in [1.807, 2.05) is 4.57 Å². The maximum atomic E-state index is 10.2. The van der Waals surface area contributed by atoms with Gasteiger partial charge in [0.25, 0.3) is 0 Å². The highest BCUT2D eigenvalue weighted by molar-refractivity contribution is 5.82. The van der Waals surface area contributed by atoms with Crippen LogP contribution in [-0.2, 0) is 27.1 Å². The van der Waals surface area contributed by atoms with E-state index >= 15 is 0 Å². The molecular weight excluding hydrogens is 494 g/mol. The first-order valence-electron chi connectivity index (χ1n) is 14.7. The minimum atomic E-state index is -0.718. The van der Waals surface area contributed by atoms with Crippen LogP contribution in [0.3, 0.4) is 0 Å². The fraction of sp³-hybridized carbons (Fsp3) is 0.633. The van der Waals surface area contributed by atoms with Crippen molar-refractivity contribution in [3.05, 3.63) is 48.0 Å². The first-order valence-corrected chi connectivity index (χ1v) is 14.7. The molecule has 0 unspecified atom stereocenters. The molecule has 9 heteroatoms. The molecule has 0 amide bonds. The van der Waals surface area contributed by atoms with Crippen molar-refractivity contribution in [3.8, 4) is 0 Å². The van der Waals surface area contributed by atoms with Gasteiger partial charge in [-0.15, -0.1) is 0 Å². The van der Waals surface area contributed by atoms with Crippen LogP contribution in [0.4, 0.5) is 5.82 Å². The number of aliphatic hydroxyl groups excluding tert-OH is 1. The van der Waals surface area contributed by atoms with E-state index in [0.29, 0.717) is 23.9 Å². The summed E-state index contributed by atoms with van der Waals surface area (Å²) < 4.78 is 21.5. The molecular formula is C30H35N5O4. The minimum absolute atomic E-state index is 0.135. The summed E-state index contributed by atoms with van der Waals surface area (Å²) in [5.41, 5.74) is 4.36. The highest BCUT2D eigenvalue weighted by Crippen LogP contribution is 2.60. The number of nitrogens with one attached hydrogen (secondary N) is 1. The smallest absolute Gasteiger partial charge is 0.177 e. The third-order valence-corrected chi connectivity index (χ3v) is 10.6. The van der Waals surface area contributed by atoms with Crippen LogP contribution in [0.15, 0.2) is 36.9 Å². The summed E-state index contributed by atoms with van der Waals surface area (Å²) in [6.45, 7) is 0.816. The van der Waals surface area contributed by atoms with E-state index in [1.54, 1.807) is 12.7 Å². The number of aromatic nitrogens is 4. The number of ether oxygens (including phenoxy) is 3. The molecule has 10 rings (SSSR count). The van der Waals surface area contributed by atoms with Gasteiger partial charge in [0, 0.05) is 19.4 Å². The van der Waals surface area contributed by atoms with Crippen LogP contribution in [0.1, 0.15) is 55.9 Å². The van der Waals surface area contributed by atoms with Crippen molar-refractivity contribution in [1.82, 2.24) is 19.5 Å². The van der Waals surface area contributed by atoms with E-state index in [1.165, 1.54) is 49.7 Å². The third kappa shape index (κ3) is 3.49. The Hall–Kier alpha value is -2.59. The van der Waals surface area contributed by atoms with Gasteiger partial charge in [-0.1, -0.05) is 24.3 Å². The molecule has 2 aliphatic heterocycles. The molecule has 39 heavy (non-hydrogen) atoms. The van der Waals surface area contributed by atoms with Crippen LogP contribution in [0, 0.1) is 23.2 Å². The Morgan fingerprint density at radius 1 is 0.923 bits per heavy atom. The number of aliphatic hydroxyl groups is 1. The molecule has 4 saturated carbocycles. The molecule has 5 aliphatic carbocycles. The summed E-state index contributed by atoms with van der Waals surface area (Å²) >= 11 is 0. The van der Waals surface area contributed by atoms with Crippen molar-refractivity contribution in [1.29, 1.82) is 0 Å². The highest BCUT2D eigenvalue weighted by Gasteiger charge is 2.60. The van der Waals surface area contributed by atoms with Gasteiger partial charge in [-0.3, -0.25) is 4.57 Å². The number of nitrogens with zero attached hydrogens (tertiary/aromatic N) is 4. The lowest BCUT2D eigenvalue weighted by molar-refractivity contribution is -0.213. The number of fused-ring (bicyclic) bond motifs is 3. The third-order valence-electron chi connectivity index (χ3n) is 10.6. The largest absolute Gasteiger partial charge is 0.394 e. The molecule has 0 radical (unpaired) electrons. The molecule has 1 aromatic carbocycles. The van der Waals surface area contributed by atoms with Crippen LogP contribution < -0.4 is 5.32 Å². The Bertz CT molecular complexity index is 1380. The fourth-order valence-corrected chi connectivity index (χ4v) is 9.53. The molecule has 3 aromatic rings. The Morgan fingerprint density at radius 2 is 1.62 bits per heavy atom. The zero-order valence-corrected chi connectivity index (χ0v) is 22.0. The van der Waals surface area contributed by atoms with Gasteiger partial charge >= 0.3 is 0 Å². The van der Waals surface area contributed by atoms with Crippen molar-refractivity contribution in [2.24, 2.45) is 23.2 Å². The number of imidazole rings is 1. The number of rotatable bonds is 5. The van der Waals surface area contributed by atoms with Gasteiger partial charge in [0.1, 0.15) is 24.6 Å². The standard InChI is InChI=1S/C30H35N5O4/c36-13-22-24-25(39-30(38-24)11-20-3-1-2-4-21(20)12-30)28(37-22)35-16-34-23-26(32-15-33-27(23)35)31-14-29-8-17-5-18(9-29)7-19(6-17)10-29/h1-4,15-19,22,24-25,28,36H,5-14H2,(H,31,32,33)/t17?,18?,19?,22-,24-,25-,28-,29?/m1/s1. The second-order valence-corrected chi connectivity index (χ2v) is 13.3. The van der Waals surface area contributed by atoms with Crippen LogP contribution in [-0.4, -0.2) is 61.9 Å². The molecule has 2 aromatic heterocycles. The SMILES string of the molecule is OC[C@H]1O[C@@H](n2cnc3c(NCC45CC6CC(CC(C6)C4)C5)ncnc32)[C@@H]2OC3(Cc4ccccc4C3)O[C@@H]21. The summed E-state index contributed by atoms with van der Waals surface area (Å²) in [5, 5.41) is 13.9. The molecule has 4 atom stereocenters. The number of hydrogen-bond acceptors (Lipinski definition) is 8. The molecule has 1 spiro atoms. The summed E-state index contributed by atoms with van der Waals surface area (Å²) in [4.78, 5) is 14.0. The average Bonchev–Trinajstić information content (AvgIpc) is 3.68. The molecule has 9 nitrogen and oxygen atoms in total. The Balaban J connectivity index is 0.989. The van der Waals surface area contributed by atoms with Gasteiger partial charge in [-0.05, 0) is 72.8 Å². The minimum Gasteiger partial charge on any atom is -0.394 e. The Morgan fingerprint density at radius 3 is 2.31 bits per heavy atom. The van der Waals surface area contributed by atoms with Crippen molar-refractivity contribution < 1.29 is 19.3 Å². The van der Waals surface area contributed by atoms with Crippen molar-refractivity contribution in [2.75, 3.05) is 18.5 Å². The summed E-state index contributed by atoms with van der Waals surface area (Å²) in [6, 6.07) is 8.39. The van der Waals surface area contributed by atoms with Crippen molar-refractivity contribution >= 4 is 17.0 Å². The van der Waals surface area contributed by atoms with E-state index in [2.05, 4.69) is 39.6 Å². The van der Waals surface area contributed by atoms with Crippen molar-refractivity contribution in [3.63, 3.8) is 0 Å². The van der Waals surface area contributed by atoms with Gasteiger partial charge in [0.2, 0.25) is 0 Å². The second-order valence-electron chi connectivity index (χ2n) is 13.3. The lowest BCUT2D eigenvalue weighted by atomic mass is 9.49. The zero-order valence-electron chi connectivity index (χ0n) is 22.0. The van der Waals surface area contributed by atoms with Gasteiger partial charge in [-0.2, -0.15) is 0 Å². The summed E-state index contributed by atoms with van der Waals surface area (Å²) in [7, 11) is 0. The van der Waals surface area contributed by atoms with Gasteiger partial charge in [0.05, 0.1) is 12.9 Å². The Kier molecular flexibility index (Phi) is 4.88. The lowest BCUT2D eigenvalue weighted by Gasteiger charge is -2.57. The summed E-state index contributed by atoms with van der Waals surface area (Å²) in [5.74, 6) is 2.82. The molecule has 7 aliphatic rings. The highest BCUT2D eigenvalue weighted by atomic mass is 16.8. The zero-order chi connectivity index (χ0) is 25.8. The number of benzene rings is 1. The van der Waals surface area contributed by atoms with Crippen LogP contribution >= 0.6 is 0 Å². The van der Waals surface area contributed by atoms with E-state index in [-0.39, 0.29) is 18.8 Å². The first-order chi connectivity index (χ1) is 19.1. The molecule has 2 N–H and O–H groups in total. The molecule has 2 saturated heterocycles. The predicted molar refractivity (Wildman–Crippen MR) is 142 cm³/mol.